The quantitative estimate of drug-likeness (QED) is 0.672. The van der Waals surface area contributed by atoms with Gasteiger partial charge in [0.15, 0.2) is 0 Å². The number of anilines is 1. The second-order valence-corrected chi connectivity index (χ2v) is 6.44. The summed E-state index contributed by atoms with van der Waals surface area (Å²) in [6.45, 7) is 2.25. The number of para-hydroxylation sites is 1. The van der Waals surface area contributed by atoms with Gasteiger partial charge >= 0.3 is 0 Å². The van der Waals surface area contributed by atoms with Crippen LogP contribution in [0.4, 0.5) is 10.1 Å². The van der Waals surface area contributed by atoms with Gasteiger partial charge in [0.25, 0.3) is 11.8 Å². The highest BCUT2D eigenvalue weighted by Gasteiger charge is 2.10. The van der Waals surface area contributed by atoms with E-state index in [2.05, 4.69) is 10.6 Å². The fourth-order valence-corrected chi connectivity index (χ4v) is 2.79. The Balaban J connectivity index is 1.56. The molecule has 0 bridgehead atoms. The van der Waals surface area contributed by atoms with Crippen molar-refractivity contribution in [1.29, 1.82) is 0 Å². The van der Waals surface area contributed by atoms with Crippen molar-refractivity contribution in [1.82, 2.24) is 5.32 Å². The number of hydrogen-bond acceptors (Lipinski definition) is 2. The van der Waals surface area contributed by atoms with E-state index in [1.54, 1.807) is 42.5 Å². The van der Waals surface area contributed by atoms with Crippen LogP contribution < -0.4 is 10.6 Å². The summed E-state index contributed by atoms with van der Waals surface area (Å²) in [7, 11) is 0. The third kappa shape index (κ3) is 4.82. The SMILES string of the molecule is Cc1ccccc1NC(=O)c1ccc(C(=O)NCCc2ccccc2F)cc1. The van der Waals surface area contributed by atoms with Gasteiger partial charge in [-0.15, -0.1) is 0 Å². The summed E-state index contributed by atoms with van der Waals surface area (Å²) in [4.78, 5) is 24.6. The summed E-state index contributed by atoms with van der Waals surface area (Å²) >= 11 is 0. The smallest absolute Gasteiger partial charge is 0.255 e. The van der Waals surface area contributed by atoms with Gasteiger partial charge in [-0.3, -0.25) is 9.59 Å². The van der Waals surface area contributed by atoms with Crippen LogP contribution in [-0.2, 0) is 6.42 Å². The zero-order valence-electron chi connectivity index (χ0n) is 15.5. The Labute approximate surface area is 163 Å². The minimum Gasteiger partial charge on any atom is -0.352 e. The van der Waals surface area contributed by atoms with E-state index in [9.17, 15) is 14.0 Å². The fraction of sp³-hybridized carbons (Fsp3) is 0.130. The van der Waals surface area contributed by atoms with Crippen molar-refractivity contribution < 1.29 is 14.0 Å². The fourth-order valence-electron chi connectivity index (χ4n) is 2.79. The van der Waals surface area contributed by atoms with E-state index in [-0.39, 0.29) is 17.6 Å². The van der Waals surface area contributed by atoms with Crippen LogP contribution in [-0.4, -0.2) is 18.4 Å². The second kappa shape index (κ2) is 8.95. The summed E-state index contributed by atoms with van der Waals surface area (Å²) in [5, 5.41) is 5.62. The molecule has 28 heavy (non-hydrogen) atoms. The number of carbonyl (C=O) groups excluding carboxylic acids is 2. The van der Waals surface area contributed by atoms with Crippen LogP contribution in [0.2, 0.25) is 0 Å². The van der Waals surface area contributed by atoms with Crippen LogP contribution in [0.5, 0.6) is 0 Å². The molecule has 0 unspecified atom stereocenters. The normalized spacial score (nSPS) is 10.4. The lowest BCUT2D eigenvalue weighted by molar-refractivity contribution is 0.0952. The molecule has 0 saturated carbocycles. The molecule has 2 amide bonds. The molecule has 0 aliphatic carbocycles. The average molecular weight is 376 g/mol. The Morgan fingerprint density at radius 2 is 1.43 bits per heavy atom. The summed E-state index contributed by atoms with van der Waals surface area (Å²) in [5.74, 6) is -0.774. The second-order valence-electron chi connectivity index (χ2n) is 6.44. The molecule has 3 rings (SSSR count). The predicted molar refractivity (Wildman–Crippen MR) is 108 cm³/mol. The molecule has 2 N–H and O–H groups in total. The highest BCUT2D eigenvalue weighted by Crippen LogP contribution is 2.15. The maximum Gasteiger partial charge on any atom is 0.255 e. The number of nitrogens with one attached hydrogen (secondary N) is 2. The van der Waals surface area contributed by atoms with Gasteiger partial charge in [0.2, 0.25) is 0 Å². The molecule has 0 aliphatic rings. The maximum absolute atomic E-state index is 13.6. The minimum absolute atomic E-state index is 0.235. The number of benzene rings is 3. The Kier molecular flexibility index (Phi) is 6.17. The van der Waals surface area contributed by atoms with Gasteiger partial charge in [-0.2, -0.15) is 0 Å². The van der Waals surface area contributed by atoms with Gasteiger partial charge in [-0.1, -0.05) is 36.4 Å². The standard InChI is InChI=1S/C23H21FN2O2/c1-16-6-2-5-9-21(16)26-23(28)19-12-10-18(11-13-19)22(27)25-15-14-17-7-3-4-8-20(17)24/h2-13H,14-15H2,1H3,(H,25,27)(H,26,28). The van der Waals surface area contributed by atoms with Crippen LogP contribution in [0.1, 0.15) is 31.8 Å². The van der Waals surface area contributed by atoms with E-state index < -0.39 is 0 Å². The number of rotatable bonds is 6. The van der Waals surface area contributed by atoms with E-state index in [4.69, 9.17) is 0 Å². The summed E-state index contributed by atoms with van der Waals surface area (Å²) in [6.07, 6.45) is 0.412. The van der Waals surface area contributed by atoms with E-state index in [1.165, 1.54) is 6.07 Å². The van der Waals surface area contributed by atoms with Crippen LogP contribution in [0, 0.1) is 12.7 Å². The molecular formula is C23H21FN2O2. The monoisotopic (exact) mass is 376 g/mol. The molecule has 0 radical (unpaired) electrons. The number of hydrogen-bond donors (Lipinski definition) is 2. The highest BCUT2D eigenvalue weighted by atomic mass is 19.1. The van der Waals surface area contributed by atoms with Crippen molar-refractivity contribution in [3.05, 3.63) is 101 Å². The van der Waals surface area contributed by atoms with E-state index in [1.807, 2.05) is 31.2 Å². The maximum atomic E-state index is 13.6. The van der Waals surface area contributed by atoms with Crippen molar-refractivity contribution in [3.8, 4) is 0 Å². The van der Waals surface area contributed by atoms with Crippen molar-refractivity contribution in [3.63, 3.8) is 0 Å². The third-order valence-corrected chi connectivity index (χ3v) is 4.44. The number of aryl methyl sites for hydroxylation is 1. The first-order valence-corrected chi connectivity index (χ1v) is 9.03. The van der Waals surface area contributed by atoms with Gasteiger partial charge in [-0.25, -0.2) is 4.39 Å². The summed E-state index contributed by atoms with van der Waals surface area (Å²) in [6, 6.07) is 20.4. The highest BCUT2D eigenvalue weighted by molar-refractivity contribution is 6.05. The van der Waals surface area contributed by atoms with Crippen LogP contribution in [0.15, 0.2) is 72.8 Å². The molecule has 3 aromatic rings. The molecule has 0 saturated heterocycles. The largest absolute Gasteiger partial charge is 0.352 e. The van der Waals surface area contributed by atoms with Crippen LogP contribution in [0.3, 0.4) is 0 Å². The molecule has 4 nitrogen and oxygen atoms in total. The Morgan fingerprint density at radius 3 is 2.11 bits per heavy atom. The zero-order chi connectivity index (χ0) is 19.9. The van der Waals surface area contributed by atoms with E-state index >= 15 is 0 Å². The number of amides is 2. The molecular weight excluding hydrogens is 355 g/mol. The van der Waals surface area contributed by atoms with Gasteiger partial charge in [0.05, 0.1) is 0 Å². The molecule has 3 aromatic carbocycles. The average Bonchev–Trinajstić information content (AvgIpc) is 2.71. The lowest BCUT2D eigenvalue weighted by Gasteiger charge is -2.09. The van der Waals surface area contributed by atoms with Gasteiger partial charge in [-0.05, 0) is 60.9 Å². The molecule has 142 valence electrons. The minimum atomic E-state index is -0.277. The molecule has 0 atom stereocenters. The third-order valence-electron chi connectivity index (χ3n) is 4.44. The van der Waals surface area contributed by atoms with E-state index in [0.29, 0.717) is 29.7 Å². The van der Waals surface area contributed by atoms with Crippen molar-refractivity contribution in [2.75, 3.05) is 11.9 Å². The zero-order valence-corrected chi connectivity index (χ0v) is 15.5. The topological polar surface area (TPSA) is 58.2 Å². The summed E-state index contributed by atoms with van der Waals surface area (Å²) < 4.78 is 13.6. The first kappa shape index (κ1) is 19.3. The molecule has 0 aromatic heterocycles. The first-order valence-electron chi connectivity index (χ1n) is 9.03. The Bertz CT molecular complexity index is 984. The Hall–Kier alpha value is -3.47. The van der Waals surface area contributed by atoms with Crippen molar-refractivity contribution in [2.45, 2.75) is 13.3 Å². The van der Waals surface area contributed by atoms with Gasteiger partial charge in [0, 0.05) is 23.4 Å². The number of carbonyl (C=O) groups is 2. The molecule has 0 aliphatic heterocycles. The van der Waals surface area contributed by atoms with Crippen molar-refractivity contribution in [2.24, 2.45) is 0 Å². The molecule has 0 spiro atoms. The lowest BCUT2D eigenvalue weighted by atomic mass is 10.1. The van der Waals surface area contributed by atoms with Crippen LogP contribution in [0.25, 0.3) is 0 Å². The summed E-state index contributed by atoms with van der Waals surface area (Å²) in [5.41, 5.74) is 3.20. The number of halogens is 1. The van der Waals surface area contributed by atoms with Gasteiger partial charge < -0.3 is 10.6 Å². The molecule has 0 fully saturated rings. The molecule has 0 heterocycles. The Morgan fingerprint density at radius 1 is 0.821 bits per heavy atom. The van der Waals surface area contributed by atoms with Crippen LogP contribution >= 0.6 is 0 Å². The first-order chi connectivity index (χ1) is 13.5. The molecule has 5 heteroatoms. The predicted octanol–water partition coefficient (Wildman–Crippen LogP) is 4.36. The lowest BCUT2D eigenvalue weighted by Crippen LogP contribution is -2.26. The van der Waals surface area contributed by atoms with Gasteiger partial charge in [0.1, 0.15) is 5.82 Å². The van der Waals surface area contributed by atoms with Crippen molar-refractivity contribution >= 4 is 17.5 Å². The van der Waals surface area contributed by atoms with E-state index in [0.717, 1.165) is 11.3 Å².